The molecule has 2 rings (SSSR count). The highest BCUT2D eigenvalue weighted by Gasteiger charge is 2.72. The van der Waals surface area contributed by atoms with Gasteiger partial charge in [0.2, 0.25) is 12.7 Å². The summed E-state index contributed by atoms with van der Waals surface area (Å²) in [6.07, 6.45) is 0.749. The zero-order chi connectivity index (χ0) is 18.3. The predicted molar refractivity (Wildman–Crippen MR) is 80.0 cm³/mol. The number of ether oxygens (including phenoxy) is 2. The summed E-state index contributed by atoms with van der Waals surface area (Å²) in [4.78, 5) is 36.5. The Morgan fingerprint density at radius 2 is 1.92 bits per heavy atom. The normalized spacial score (nSPS) is 29.6. The molecular weight excluding hydrogens is 342 g/mol. The minimum atomic E-state index is -3.87. The maximum absolute atomic E-state index is 12.6. The summed E-state index contributed by atoms with van der Waals surface area (Å²) in [5.74, 6) is -3.17. The van der Waals surface area contributed by atoms with E-state index in [9.17, 15) is 27.9 Å². The van der Waals surface area contributed by atoms with Crippen LogP contribution < -0.4 is 0 Å². The number of hydrogen-bond acceptors (Lipinski definition) is 8. The van der Waals surface area contributed by atoms with Gasteiger partial charge in [-0.2, -0.15) is 0 Å². The van der Waals surface area contributed by atoms with Crippen molar-refractivity contribution in [2.45, 2.75) is 49.8 Å². The maximum atomic E-state index is 12.6. The van der Waals surface area contributed by atoms with Crippen molar-refractivity contribution in [2.75, 3.05) is 13.4 Å². The van der Waals surface area contributed by atoms with Crippen LogP contribution in [0.2, 0.25) is 0 Å². The molecule has 1 amide bonds. The van der Waals surface area contributed by atoms with Gasteiger partial charge >= 0.3 is 11.9 Å². The van der Waals surface area contributed by atoms with Crippen molar-refractivity contribution in [3.63, 3.8) is 0 Å². The van der Waals surface area contributed by atoms with Gasteiger partial charge in [-0.1, -0.05) is 6.92 Å². The summed E-state index contributed by atoms with van der Waals surface area (Å²) in [6.45, 7) is 3.20. The van der Waals surface area contributed by atoms with Crippen LogP contribution in [0.25, 0.3) is 0 Å². The fourth-order valence-electron chi connectivity index (χ4n) is 3.07. The number of fused-ring (bicyclic) bond motifs is 1. The van der Waals surface area contributed by atoms with Gasteiger partial charge in [-0.05, 0) is 20.3 Å². The second-order valence-electron chi connectivity index (χ2n) is 6.32. The van der Waals surface area contributed by atoms with Crippen molar-refractivity contribution >= 4 is 27.7 Å². The second kappa shape index (κ2) is 6.32. The molecule has 0 saturated carbocycles. The van der Waals surface area contributed by atoms with Crippen LogP contribution in [-0.2, 0) is 33.7 Å². The number of esters is 2. The average molecular weight is 363 g/mol. The van der Waals surface area contributed by atoms with Gasteiger partial charge in [0.25, 0.3) is 0 Å². The van der Waals surface area contributed by atoms with Crippen LogP contribution in [0, 0.1) is 5.92 Å². The van der Waals surface area contributed by atoms with Crippen LogP contribution in [-0.4, -0.2) is 65.8 Å². The molecule has 136 valence electrons. The van der Waals surface area contributed by atoms with E-state index >= 15 is 0 Å². The molecule has 9 nitrogen and oxygen atoms in total. The Morgan fingerprint density at radius 1 is 1.29 bits per heavy atom. The van der Waals surface area contributed by atoms with Crippen molar-refractivity contribution < 1.29 is 37.4 Å². The molecule has 24 heavy (non-hydrogen) atoms. The molecule has 0 aromatic carbocycles. The number of nitrogens with zero attached hydrogens (tertiary/aromatic N) is 1. The largest absolute Gasteiger partial charge is 0.428 e. The number of sulfone groups is 1. The summed E-state index contributed by atoms with van der Waals surface area (Å²) in [5, 5.41) is 7.97. The third-order valence-electron chi connectivity index (χ3n) is 4.47. The van der Waals surface area contributed by atoms with Crippen LogP contribution in [0.15, 0.2) is 0 Å². The lowest BCUT2D eigenvalue weighted by Gasteiger charge is -2.42. The number of amides is 1. The Morgan fingerprint density at radius 3 is 2.46 bits per heavy atom. The standard InChI is InChI=1S/C14H21NO8S/c1-4-5-9(17)22-7-23-13(19)10-14(2,3)24(20,21)12-8(6-16)11(18)15(10)12/h8,10,12,16H,4-7H2,1-3H3/t8-,10+,12-/m1/s1. The van der Waals surface area contributed by atoms with Gasteiger partial charge in [0.15, 0.2) is 9.84 Å². The monoisotopic (exact) mass is 363 g/mol. The number of β-lactam (4-membered cyclic amide) rings is 1. The van der Waals surface area contributed by atoms with Crippen molar-refractivity contribution in [1.82, 2.24) is 4.90 Å². The van der Waals surface area contributed by atoms with Gasteiger partial charge < -0.3 is 19.5 Å². The summed E-state index contributed by atoms with van der Waals surface area (Å²) in [6, 6.07) is -1.34. The maximum Gasteiger partial charge on any atom is 0.333 e. The van der Waals surface area contributed by atoms with Crippen LogP contribution in [0.5, 0.6) is 0 Å². The first-order chi connectivity index (χ1) is 11.1. The SMILES string of the molecule is CCCC(=O)OCOC(=O)[C@@H]1N2C(=O)[C@@H](CO)[C@H]2S(=O)(=O)C1(C)C. The fraction of sp³-hybridized carbons (Fsp3) is 0.786. The van der Waals surface area contributed by atoms with Crippen LogP contribution in [0.1, 0.15) is 33.6 Å². The molecule has 0 aromatic heterocycles. The van der Waals surface area contributed by atoms with E-state index in [-0.39, 0.29) is 6.42 Å². The minimum absolute atomic E-state index is 0.172. The third kappa shape index (κ3) is 2.57. The van der Waals surface area contributed by atoms with Gasteiger partial charge in [-0.15, -0.1) is 0 Å². The Kier molecular flexibility index (Phi) is 4.91. The molecule has 2 heterocycles. The molecule has 0 spiro atoms. The molecule has 10 heteroatoms. The first-order valence-electron chi connectivity index (χ1n) is 7.60. The van der Waals surface area contributed by atoms with Crippen LogP contribution >= 0.6 is 0 Å². The number of aliphatic hydroxyl groups excluding tert-OH is 1. The Bertz CT molecular complexity index is 656. The second-order valence-corrected chi connectivity index (χ2v) is 8.95. The molecule has 1 N–H and O–H groups in total. The number of carbonyl (C=O) groups is 3. The average Bonchev–Trinajstić information content (AvgIpc) is 2.62. The summed E-state index contributed by atoms with van der Waals surface area (Å²) >= 11 is 0. The quantitative estimate of drug-likeness (QED) is 0.368. The molecular formula is C14H21NO8S. The molecule has 2 aliphatic rings. The molecule has 2 fully saturated rings. The number of carbonyl (C=O) groups excluding carboxylic acids is 3. The summed E-state index contributed by atoms with van der Waals surface area (Å²) in [7, 11) is -3.87. The molecule has 2 saturated heterocycles. The van der Waals surface area contributed by atoms with Crippen LogP contribution in [0.4, 0.5) is 0 Å². The number of rotatable bonds is 6. The highest BCUT2D eigenvalue weighted by molar-refractivity contribution is 7.93. The zero-order valence-corrected chi connectivity index (χ0v) is 14.5. The fourth-order valence-corrected chi connectivity index (χ4v) is 5.37. The van der Waals surface area contributed by atoms with Crippen molar-refractivity contribution in [2.24, 2.45) is 5.92 Å². The number of aliphatic hydroxyl groups is 1. The molecule has 0 bridgehead atoms. The molecule has 0 aliphatic carbocycles. The lowest BCUT2D eigenvalue weighted by Crippen LogP contribution is -2.64. The Hall–Kier alpha value is -1.68. The van der Waals surface area contributed by atoms with E-state index < -0.39 is 63.2 Å². The highest BCUT2D eigenvalue weighted by atomic mass is 32.2. The molecule has 0 unspecified atom stereocenters. The molecule has 3 atom stereocenters. The lowest BCUT2D eigenvalue weighted by molar-refractivity contribution is -0.178. The molecule has 2 aliphatic heterocycles. The van der Waals surface area contributed by atoms with Gasteiger partial charge in [0.1, 0.15) is 11.4 Å². The first kappa shape index (κ1) is 18.7. The zero-order valence-electron chi connectivity index (χ0n) is 13.7. The first-order valence-corrected chi connectivity index (χ1v) is 9.14. The third-order valence-corrected chi connectivity index (χ3v) is 7.35. The van der Waals surface area contributed by atoms with Crippen molar-refractivity contribution in [3.8, 4) is 0 Å². The van der Waals surface area contributed by atoms with Gasteiger partial charge in [0, 0.05) is 6.42 Å². The van der Waals surface area contributed by atoms with Crippen molar-refractivity contribution in [1.29, 1.82) is 0 Å². The van der Waals surface area contributed by atoms with E-state index in [0.717, 1.165) is 4.90 Å². The van der Waals surface area contributed by atoms with Crippen molar-refractivity contribution in [3.05, 3.63) is 0 Å². The van der Waals surface area contributed by atoms with Crippen LogP contribution in [0.3, 0.4) is 0 Å². The topological polar surface area (TPSA) is 127 Å². The van der Waals surface area contributed by atoms with Gasteiger partial charge in [-0.25, -0.2) is 13.2 Å². The molecule has 0 radical (unpaired) electrons. The van der Waals surface area contributed by atoms with E-state index in [2.05, 4.69) is 0 Å². The van der Waals surface area contributed by atoms with E-state index in [0.29, 0.717) is 6.42 Å². The van der Waals surface area contributed by atoms with E-state index in [1.165, 1.54) is 13.8 Å². The lowest BCUT2D eigenvalue weighted by atomic mass is 9.92. The molecule has 0 aromatic rings. The Balaban J connectivity index is 2.13. The van der Waals surface area contributed by atoms with E-state index in [4.69, 9.17) is 9.47 Å². The van der Waals surface area contributed by atoms with E-state index in [1.807, 2.05) is 0 Å². The predicted octanol–water partition coefficient (Wildman–Crippen LogP) is -0.817. The number of hydrogen-bond donors (Lipinski definition) is 1. The summed E-state index contributed by atoms with van der Waals surface area (Å²) in [5.41, 5.74) is 0. The Labute approximate surface area is 139 Å². The van der Waals surface area contributed by atoms with E-state index in [1.54, 1.807) is 6.92 Å². The highest BCUT2D eigenvalue weighted by Crippen LogP contribution is 2.48. The van der Waals surface area contributed by atoms with Gasteiger partial charge in [-0.3, -0.25) is 9.59 Å². The van der Waals surface area contributed by atoms with Gasteiger partial charge in [0.05, 0.1) is 17.3 Å². The smallest absolute Gasteiger partial charge is 0.333 e. The minimum Gasteiger partial charge on any atom is -0.428 e. The summed E-state index contributed by atoms with van der Waals surface area (Å²) < 4.78 is 33.1.